The fraction of sp³-hybridized carbons (Fsp3) is 1.00. The van der Waals surface area contributed by atoms with Crippen molar-refractivity contribution in [3.05, 3.63) is 0 Å². The Morgan fingerprint density at radius 1 is 1.67 bits per heavy atom. The monoisotopic (exact) mass is 175 g/mol. The van der Waals surface area contributed by atoms with Crippen molar-refractivity contribution < 1.29 is 9.84 Å². The quantitative estimate of drug-likeness (QED) is 0.618. The van der Waals surface area contributed by atoms with E-state index >= 15 is 0 Å². The van der Waals surface area contributed by atoms with Gasteiger partial charge >= 0.3 is 0 Å². The van der Waals surface area contributed by atoms with Crippen LogP contribution in [0.15, 0.2) is 0 Å². The summed E-state index contributed by atoms with van der Waals surface area (Å²) in [5.41, 5.74) is 0. The molecule has 0 aromatic rings. The molecule has 3 heteroatoms. The van der Waals surface area contributed by atoms with Crippen LogP contribution in [-0.2, 0) is 4.74 Å². The molecule has 12 heavy (non-hydrogen) atoms. The molecule has 1 fully saturated rings. The predicted octanol–water partition coefficient (Wildman–Crippen LogP) is 0.772. The number of aliphatic hydroxyl groups is 1. The van der Waals surface area contributed by atoms with E-state index in [2.05, 4.69) is 12.2 Å². The van der Waals surface area contributed by atoms with Crippen LogP contribution in [0.25, 0.3) is 0 Å². The minimum atomic E-state index is -0.116. The summed E-state index contributed by atoms with van der Waals surface area (Å²) in [5, 5.41) is 11.6. The van der Waals surface area contributed by atoms with Gasteiger partial charge in [-0.2, -0.15) is 0 Å². The molecule has 3 nitrogen and oxygen atoms in total. The van der Waals surface area contributed by atoms with E-state index in [1.54, 1.807) is 6.92 Å². The fourth-order valence-corrected chi connectivity index (χ4v) is 0.697. The molecule has 2 unspecified atom stereocenters. The van der Waals surface area contributed by atoms with Crippen LogP contribution in [0.2, 0.25) is 0 Å². The zero-order valence-corrected chi connectivity index (χ0v) is 8.34. The highest BCUT2D eigenvalue weighted by molar-refractivity contribution is 4.59. The van der Waals surface area contributed by atoms with Gasteiger partial charge < -0.3 is 15.2 Å². The maximum atomic E-state index is 8.36. The van der Waals surface area contributed by atoms with Crippen molar-refractivity contribution in [2.75, 3.05) is 19.7 Å². The summed E-state index contributed by atoms with van der Waals surface area (Å²) >= 11 is 0. The average molecular weight is 175 g/mol. The molecule has 0 aliphatic carbocycles. The van der Waals surface area contributed by atoms with Gasteiger partial charge in [0.2, 0.25) is 0 Å². The Balaban J connectivity index is 0.000000217. The Morgan fingerprint density at radius 2 is 2.25 bits per heavy atom. The Bertz CT molecular complexity index is 90.5. The van der Waals surface area contributed by atoms with Gasteiger partial charge in [-0.25, -0.2) is 0 Å². The maximum absolute atomic E-state index is 8.36. The molecule has 1 aliphatic heterocycles. The predicted molar refractivity (Wildman–Crippen MR) is 50.3 cm³/mol. The van der Waals surface area contributed by atoms with Crippen LogP contribution < -0.4 is 5.32 Å². The third kappa shape index (κ3) is 7.98. The van der Waals surface area contributed by atoms with Crippen LogP contribution in [0.5, 0.6) is 0 Å². The SMILES string of the molecule is CC1CNCCO1.CCC(C)O. The molecule has 0 spiro atoms. The van der Waals surface area contributed by atoms with Crippen LogP contribution >= 0.6 is 0 Å². The maximum Gasteiger partial charge on any atom is 0.0672 e. The molecule has 1 heterocycles. The second-order valence-corrected chi connectivity index (χ2v) is 3.14. The van der Waals surface area contributed by atoms with E-state index in [4.69, 9.17) is 9.84 Å². The molecular weight excluding hydrogens is 154 g/mol. The first-order chi connectivity index (χ1) is 5.66. The summed E-state index contributed by atoms with van der Waals surface area (Å²) < 4.78 is 5.22. The largest absolute Gasteiger partial charge is 0.393 e. The number of nitrogens with one attached hydrogen (secondary N) is 1. The standard InChI is InChI=1S/C5H11NO.C4H10O/c1-5-4-6-2-3-7-5;1-3-4(2)5/h5-6H,2-4H2,1H3;4-5H,3H2,1-2H3. The molecule has 0 amide bonds. The lowest BCUT2D eigenvalue weighted by atomic mass is 10.3. The zero-order chi connectivity index (χ0) is 9.40. The van der Waals surface area contributed by atoms with E-state index in [1.165, 1.54) is 0 Å². The highest BCUT2D eigenvalue weighted by Crippen LogP contribution is 1.91. The summed E-state index contributed by atoms with van der Waals surface area (Å²) in [6.45, 7) is 8.71. The van der Waals surface area contributed by atoms with Crippen molar-refractivity contribution in [2.24, 2.45) is 0 Å². The minimum absolute atomic E-state index is 0.116. The summed E-state index contributed by atoms with van der Waals surface area (Å²) in [5.74, 6) is 0. The lowest BCUT2D eigenvalue weighted by molar-refractivity contribution is 0.0410. The molecular formula is C9H21NO2. The fourth-order valence-electron chi connectivity index (χ4n) is 0.697. The first-order valence-electron chi connectivity index (χ1n) is 4.67. The van der Waals surface area contributed by atoms with E-state index in [1.807, 2.05) is 6.92 Å². The van der Waals surface area contributed by atoms with Gasteiger partial charge in [-0.3, -0.25) is 0 Å². The van der Waals surface area contributed by atoms with E-state index in [9.17, 15) is 0 Å². The van der Waals surface area contributed by atoms with Crippen LogP contribution in [0.1, 0.15) is 27.2 Å². The molecule has 1 rings (SSSR count). The molecule has 0 saturated carbocycles. The molecule has 0 radical (unpaired) electrons. The van der Waals surface area contributed by atoms with Crippen molar-refractivity contribution in [3.63, 3.8) is 0 Å². The smallest absolute Gasteiger partial charge is 0.0672 e. The minimum Gasteiger partial charge on any atom is -0.393 e. The molecule has 1 aliphatic rings. The van der Waals surface area contributed by atoms with Crippen LogP contribution in [0.4, 0.5) is 0 Å². The van der Waals surface area contributed by atoms with Crippen molar-refractivity contribution in [3.8, 4) is 0 Å². The summed E-state index contributed by atoms with van der Waals surface area (Å²) in [6, 6.07) is 0. The number of hydrogen-bond donors (Lipinski definition) is 2. The summed E-state index contributed by atoms with van der Waals surface area (Å²) in [6.07, 6.45) is 1.17. The van der Waals surface area contributed by atoms with Crippen molar-refractivity contribution in [2.45, 2.75) is 39.4 Å². The van der Waals surface area contributed by atoms with Crippen LogP contribution in [0.3, 0.4) is 0 Å². The molecule has 0 aromatic heterocycles. The van der Waals surface area contributed by atoms with E-state index in [-0.39, 0.29) is 6.10 Å². The van der Waals surface area contributed by atoms with E-state index in [0.29, 0.717) is 6.10 Å². The van der Waals surface area contributed by atoms with Gasteiger partial charge in [-0.1, -0.05) is 6.92 Å². The second-order valence-electron chi connectivity index (χ2n) is 3.14. The Labute approximate surface area is 75.1 Å². The number of aliphatic hydroxyl groups excluding tert-OH is 1. The number of morpholine rings is 1. The van der Waals surface area contributed by atoms with Gasteiger partial charge in [0.15, 0.2) is 0 Å². The first-order valence-corrected chi connectivity index (χ1v) is 4.67. The highest BCUT2D eigenvalue weighted by Gasteiger charge is 2.04. The van der Waals surface area contributed by atoms with Gasteiger partial charge in [0.05, 0.1) is 18.8 Å². The Morgan fingerprint density at radius 3 is 2.42 bits per heavy atom. The number of ether oxygens (including phenoxy) is 1. The molecule has 0 aromatic carbocycles. The van der Waals surface area contributed by atoms with E-state index in [0.717, 1.165) is 26.1 Å². The van der Waals surface area contributed by atoms with Crippen LogP contribution in [0, 0.1) is 0 Å². The molecule has 74 valence electrons. The molecule has 0 bridgehead atoms. The topological polar surface area (TPSA) is 41.5 Å². The lowest BCUT2D eigenvalue weighted by Gasteiger charge is -2.18. The van der Waals surface area contributed by atoms with Gasteiger partial charge in [0.1, 0.15) is 0 Å². The van der Waals surface area contributed by atoms with Gasteiger partial charge in [-0.15, -0.1) is 0 Å². The normalized spacial score (nSPS) is 25.5. The van der Waals surface area contributed by atoms with Crippen molar-refractivity contribution >= 4 is 0 Å². The molecule has 2 N–H and O–H groups in total. The summed E-state index contributed by atoms with van der Waals surface area (Å²) in [7, 11) is 0. The lowest BCUT2D eigenvalue weighted by Crippen LogP contribution is -2.36. The first kappa shape index (κ1) is 11.9. The summed E-state index contributed by atoms with van der Waals surface area (Å²) in [4.78, 5) is 0. The van der Waals surface area contributed by atoms with E-state index < -0.39 is 0 Å². The Kier molecular flexibility index (Phi) is 7.45. The third-order valence-electron chi connectivity index (χ3n) is 1.70. The van der Waals surface area contributed by atoms with Gasteiger partial charge in [0, 0.05) is 13.1 Å². The van der Waals surface area contributed by atoms with Gasteiger partial charge in [-0.05, 0) is 20.3 Å². The average Bonchev–Trinajstić information content (AvgIpc) is 2.07. The van der Waals surface area contributed by atoms with Crippen LogP contribution in [-0.4, -0.2) is 37.0 Å². The second kappa shape index (κ2) is 7.53. The third-order valence-corrected chi connectivity index (χ3v) is 1.70. The zero-order valence-electron chi connectivity index (χ0n) is 8.34. The number of hydrogen-bond acceptors (Lipinski definition) is 3. The Hall–Kier alpha value is -0.120. The molecule has 2 atom stereocenters. The number of rotatable bonds is 1. The van der Waals surface area contributed by atoms with Crippen molar-refractivity contribution in [1.82, 2.24) is 5.32 Å². The highest BCUT2D eigenvalue weighted by atomic mass is 16.5. The molecule has 1 saturated heterocycles. The van der Waals surface area contributed by atoms with Crippen molar-refractivity contribution in [1.29, 1.82) is 0 Å². The van der Waals surface area contributed by atoms with Gasteiger partial charge in [0.25, 0.3) is 0 Å².